The zero-order valence-corrected chi connectivity index (χ0v) is 13.6. The highest BCUT2D eigenvalue weighted by Crippen LogP contribution is 2.33. The maximum Gasteiger partial charge on any atom is 0.573 e. The van der Waals surface area contributed by atoms with Gasteiger partial charge in [-0.15, -0.1) is 13.2 Å². The van der Waals surface area contributed by atoms with E-state index in [-0.39, 0.29) is 18.2 Å². The minimum atomic E-state index is -4.69. The molecule has 1 aliphatic carbocycles. The summed E-state index contributed by atoms with van der Waals surface area (Å²) in [6.07, 6.45) is -1.06. The van der Waals surface area contributed by atoms with E-state index in [1.807, 2.05) is 16.7 Å². The Hall–Kier alpha value is -1.92. The molecule has 1 saturated carbocycles. The predicted octanol–water partition coefficient (Wildman–Crippen LogP) is 3.35. The van der Waals surface area contributed by atoms with Gasteiger partial charge in [0, 0.05) is 24.8 Å². The van der Waals surface area contributed by atoms with Crippen molar-refractivity contribution >= 4 is 11.6 Å². The molecule has 1 aliphatic heterocycles. The van der Waals surface area contributed by atoms with Crippen molar-refractivity contribution in [1.29, 1.82) is 0 Å². The van der Waals surface area contributed by atoms with Crippen molar-refractivity contribution in [2.75, 3.05) is 24.5 Å². The van der Waals surface area contributed by atoms with Crippen LogP contribution in [0.3, 0.4) is 0 Å². The van der Waals surface area contributed by atoms with E-state index < -0.39 is 6.36 Å². The van der Waals surface area contributed by atoms with E-state index in [0.717, 1.165) is 37.1 Å². The van der Waals surface area contributed by atoms with Gasteiger partial charge in [0.1, 0.15) is 5.75 Å². The van der Waals surface area contributed by atoms with Gasteiger partial charge in [-0.05, 0) is 56.4 Å². The Morgan fingerprint density at radius 2 is 2.12 bits per heavy atom. The number of benzene rings is 1. The number of aryl methyl sites for hydroxylation is 1. The topological polar surface area (TPSA) is 32.8 Å². The van der Waals surface area contributed by atoms with Gasteiger partial charge in [-0.25, -0.2) is 0 Å². The Morgan fingerprint density at radius 3 is 2.75 bits per heavy atom. The van der Waals surface area contributed by atoms with E-state index >= 15 is 0 Å². The molecule has 7 heteroatoms. The molecular weight excluding hydrogens is 321 g/mol. The lowest BCUT2D eigenvalue weighted by Crippen LogP contribution is -2.43. The van der Waals surface area contributed by atoms with Gasteiger partial charge in [0.05, 0.1) is 6.54 Å². The normalized spacial score (nSPS) is 17.4. The molecule has 3 rings (SSSR count). The molecule has 1 amide bonds. The zero-order valence-electron chi connectivity index (χ0n) is 13.6. The molecule has 0 aromatic heterocycles. The van der Waals surface area contributed by atoms with Crippen molar-refractivity contribution < 1.29 is 22.7 Å². The third kappa shape index (κ3) is 3.94. The fourth-order valence-electron chi connectivity index (χ4n) is 3.29. The Kier molecular flexibility index (Phi) is 4.60. The number of halogens is 3. The number of likely N-dealkylation sites (N-methyl/N-ethyl adjacent to an activating group) is 1. The summed E-state index contributed by atoms with van der Waals surface area (Å²) in [5, 5.41) is 0. The third-order valence-corrected chi connectivity index (χ3v) is 4.47. The summed E-state index contributed by atoms with van der Waals surface area (Å²) >= 11 is 0. The minimum Gasteiger partial charge on any atom is -0.406 e. The molecule has 2 aliphatic rings. The van der Waals surface area contributed by atoms with Crippen molar-refractivity contribution in [3.8, 4) is 5.75 Å². The van der Waals surface area contributed by atoms with Crippen LogP contribution in [-0.2, 0) is 11.2 Å². The number of hydrogen-bond donors (Lipinski definition) is 0. The van der Waals surface area contributed by atoms with Gasteiger partial charge in [0.15, 0.2) is 0 Å². The highest BCUT2D eigenvalue weighted by Gasteiger charge is 2.33. The Balaban J connectivity index is 1.73. The molecule has 0 bridgehead atoms. The first-order valence-electron chi connectivity index (χ1n) is 8.30. The highest BCUT2D eigenvalue weighted by molar-refractivity contribution is 5.82. The van der Waals surface area contributed by atoms with Gasteiger partial charge in [-0.2, -0.15) is 0 Å². The van der Waals surface area contributed by atoms with Crippen molar-refractivity contribution in [1.82, 2.24) is 4.90 Å². The van der Waals surface area contributed by atoms with Crippen LogP contribution < -0.4 is 9.64 Å². The van der Waals surface area contributed by atoms with Gasteiger partial charge < -0.3 is 14.5 Å². The fraction of sp³-hybridized carbons (Fsp3) is 0.588. The van der Waals surface area contributed by atoms with E-state index in [4.69, 9.17) is 0 Å². The van der Waals surface area contributed by atoms with Gasteiger partial charge in [0.2, 0.25) is 5.91 Å². The number of carbonyl (C=O) groups excluding carboxylic acids is 1. The van der Waals surface area contributed by atoms with Crippen LogP contribution in [0.1, 0.15) is 31.7 Å². The lowest BCUT2D eigenvalue weighted by atomic mass is 10.0. The number of fused-ring (bicyclic) bond motifs is 1. The highest BCUT2D eigenvalue weighted by atomic mass is 19.4. The fourth-order valence-corrected chi connectivity index (χ4v) is 3.29. The number of nitrogens with zero attached hydrogens (tertiary/aromatic N) is 2. The Morgan fingerprint density at radius 1 is 1.38 bits per heavy atom. The summed E-state index contributed by atoms with van der Waals surface area (Å²) in [5.41, 5.74) is 1.63. The van der Waals surface area contributed by atoms with Crippen molar-refractivity contribution in [2.45, 2.75) is 45.0 Å². The molecule has 0 unspecified atom stereocenters. The van der Waals surface area contributed by atoms with E-state index in [9.17, 15) is 18.0 Å². The second-order valence-corrected chi connectivity index (χ2v) is 6.27. The number of alkyl halides is 3. The average Bonchev–Trinajstić information content (AvgIpc) is 3.31. The second kappa shape index (κ2) is 6.53. The molecule has 1 aromatic rings. The quantitative estimate of drug-likeness (QED) is 0.823. The van der Waals surface area contributed by atoms with Gasteiger partial charge in [0.25, 0.3) is 0 Å². The summed E-state index contributed by atoms with van der Waals surface area (Å²) in [5.74, 6) is -0.119. The number of carbonyl (C=O) groups is 1. The molecule has 0 radical (unpaired) electrons. The second-order valence-electron chi connectivity index (χ2n) is 6.27. The molecule has 0 N–H and O–H groups in total. The largest absolute Gasteiger partial charge is 0.573 e. The molecule has 132 valence electrons. The molecule has 0 atom stereocenters. The SMILES string of the molecule is CCN(C(=O)CN1CCCc2cc(OC(F)(F)F)ccc21)C1CC1. The van der Waals surface area contributed by atoms with Crippen LogP contribution in [0.2, 0.25) is 0 Å². The minimum absolute atomic E-state index is 0.0865. The average molecular weight is 342 g/mol. The maximum absolute atomic E-state index is 12.5. The Bertz CT molecular complexity index is 614. The lowest BCUT2D eigenvalue weighted by Gasteiger charge is -2.33. The van der Waals surface area contributed by atoms with Crippen LogP contribution in [0.4, 0.5) is 18.9 Å². The number of rotatable bonds is 5. The monoisotopic (exact) mass is 342 g/mol. The van der Waals surface area contributed by atoms with Crippen LogP contribution in [-0.4, -0.2) is 42.8 Å². The van der Waals surface area contributed by atoms with Crippen LogP contribution in [0.15, 0.2) is 18.2 Å². The standard InChI is InChI=1S/C17H21F3N2O2/c1-2-22(13-5-6-13)16(23)11-21-9-3-4-12-10-14(7-8-15(12)21)24-17(18,19)20/h7-8,10,13H,2-6,9,11H2,1H3. The maximum atomic E-state index is 12.5. The third-order valence-electron chi connectivity index (χ3n) is 4.47. The molecular formula is C17H21F3N2O2. The molecule has 1 fully saturated rings. The van der Waals surface area contributed by atoms with E-state index in [0.29, 0.717) is 19.0 Å². The van der Waals surface area contributed by atoms with Crippen molar-refractivity contribution in [2.24, 2.45) is 0 Å². The van der Waals surface area contributed by atoms with Crippen molar-refractivity contribution in [3.63, 3.8) is 0 Å². The molecule has 24 heavy (non-hydrogen) atoms. The van der Waals surface area contributed by atoms with Crippen molar-refractivity contribution in [3.05, 3.63) is 23.8 Å². The smallest absolute Gasteiger partial charge is 0.406 e. The van der Waals surface area contributed by atoms with Gasteiger partial charge in [-0.1, -0.05) is 0 Å². The van der Waals surface area contributed by atoms with Gasteiger partial charge >= 0.3 is 6.36 Å². The van der Waals surface area contributed by atoms with E-state index in [1.54, 1.807) is 6.07 Å². The molecule has 0 spiro atoms. The number of anilines is 1. The molecule has 4 nitrogen and oxygen atoms in total. The Labute approximate surface area is 139 Å². The number of amides is 1. The molecule has 0 saturated heterocycles. The summed E-state index contributed by atoms with van der Waals surface area (Å²) < 4.78 is 41.0. The van der Waals surface area contributed by atoms with Crippen LogP contribution >= 0.6 is 0 Å². The number of hydrogen-bond acceptors (Lipinski definition) is 3. The zero-order chi connectivity index (χ0) is 17.3. The predicted molar refractivity (Wildman–Crippen MR) is 84.1 cm³/mol. The first-order chi connectivity index (χ1) is 11.4. The van der Waals surface area contributed by atoms with Crippen LogP contribution in [0.25, 0.3) is 0 Å². The van der Waals surface area contributed by atoms with Crippen LogP contribution in [0, 0.1) is 0 Å². The summed E-state index contributed by atoms with van der Waals surface area (Å²) in [7, 11) is 0. The van der Waals surface area contributed by atoms with E-state index in [2.05, 4.69) is 4.74 Å². The molecule has 1 heterocycles. The lowest BCUT2D eigenvalue weighted by molar-refractivity contribution is -0.274. The first kappa shape index (κ1) is 16.9. The van der Waals surface area contributed by atoms with Gasteiger partial charge in [-0.3, -0.25) is 4.79 Å². The van der Waals surface area contributed by atoms with E-state index in [1.165, 1.54) is 12.1 Å². The molecule has 1 aromatic carbocycles. The summed E-state index contributed by atoms with van der Waals surface area (Å²) in [4.78, 5) is 16.4. The summed E-state index contributed by atoms with van der Waals surface area (Å²) in [6, 6.07) is 4.73. The number of ether oxygens (including phenoxy) is 1. The summed E-state index contributed by atoms with van der Waals surface area (Å²) in [6.45, 7) is 3.68. The first-order valence-corrected chi connectivity index (χ1v) is 8.30. The van der Waals surface area contributed by atoms with Crippen LogP contribution in [0.5, 0.6) is 5.75 Å².